The molecule has 0 fully saturated rings. The van der Waals surface area contributed by atoms with E-state index in [1.165, 1.54) is 37.3 Å². The molecule has 0 aliphatic heterocycles. The monoisotopic (exact) mass is 673 g/mol. The Morgan fingerprint density at radius 3 is 2.04 bits per heavy atom. The van der Waals surface area contributed by atoms with Crippen molar-refractivity contribution < 1.29 is 32.2 Å². The molecule has 0 saturated carbocycles. The summed E-state index contributed by atoms with van der Waals surface area (Å²) in [4.78, 5) is 30.1. The normalized spacial score (nSPS) is 11.8. The molecule has 0 aliphatic carbocycles. The molecule has 0 unspecified atom stereocenters. The van der Waals surface area contributed by atoms with E-state index >= 15 is 0 Å². The second-order valence-electron chi connectivity index (χ2n) is 11.6. The standard InChI is InChI=1S/C37H43N3O7S/c1-26(2)38-37(42)34(22-28-11-8-7-9-12-28)39(24-29-13-10-14-30(21-29)45-4)36(41)25-40(33-23-31(46-5)17-20-35(33)47-6)48(43,44)32-18-15-27(3)16-19-32/h7-21,23,26,34H,22,24-25H2,1-6H3,(H,38,42)/t34-/m1/s1. The number of nitrogens with zero attached hydrogens (tertiary/aromatic N) is 2. The third-order valence-corrected chi connectivity index (χ3v) is 9.51. The molecule has 10 nitrogen and oxygen atoms in total. The summed E-state index contributed by atoms with van der Waals surface area (Å²) >= 11 is 0. The predicted octanol–water partition coefficient (Wildman–Crippen LogP) is 5.38. The smallest absolute Gasteiger partial charge is 0.264 e. The number of methoxy groups -OCH3 is 3. The van der Waals surface area contributed by atoms with E-state index in [2.05, 4.69) is 5.32 Å². The van der Waals surface area contributed by atoms with Gasteiger partial charge in [-0.15, -0.1) is 0 Å². The molecule has 0 aliphatic rings. The van der Waals surface area contributed by atoms with Crippen LogP contribution in [0.2, 0.25) is 0 Å². The second-order valence-corrected chi connectivity index (χ2v) is 13.5. The molecule has 11 heteroatoms. The summed E-state index contributed by atoms with van der Waals surface area (Å²) in [6.45, 7) is 4.91. The van der Waals surface area contributed by atoms with Crippen molar-refractivity contribution in [2.24, 2.45) is 0 Å². The van der Waals surface area contributed by atoms with Crippen LogP contribution in [-0.4, -0.2) is 65.1 Å². The fourth-order valence-corrected chi connectivity index (χ4v) is 6.66. The predicted molar refractivity (Wildman–Crippen MR) is 186 cm³/mol. The fraction of sp³-hybridized carbons (Fsp3) is 0.297. The average Bonchev–Trinajstić information content (AvgIpc) is 3.08. The number of aryl methyl sites for hydroxylation is 1. The van der Waals surface area contributed by atoms with Gasteiger partial charge in [-0.3, -0.25) is 13.9 Å². The van der Waals surface area contributed by atoms with Gasteiger partial charge in [-0.1, -0.05) is 60.2 Å². The van der Waals surface area contributed by atoms with Crippen molar-refractivity contribution in [3.8, 4) is 17.2 Å². The Morgan fingerprint density at radius 2 is 1.42 bits per heavy atom. The van der Waals surface area contributed by atoms with Crippen LogP contribution in [0.15, 0.2) is 102 Å². The Balaban J connectivity index is 1.88. The third kappa shape index (κ3) is 8.86. The summed E-state index contributed by atoms with van der Waals surface area (Å²) in [7, 11) is 0.0995. The minimum Gasteiger partial charge on any atom is -0.497 e. The molecule has 0 heterocycles. The number of nitrogens with one attached hydrogen (secondary N) is 1. The van der Waals surface area contributed by atoms with Gasteiger partial charge in [0.05, 0.1) is 31.9 Å². The Morgan fingerprint density at radius 1 is 0.771 bits per heavy atom. The second kappa shape index (κ2) is 16.2. The SMILES string of the molecule is COc1cccc(CN(C(=O)CN(c2cc(OC)ccc2OC)S(=O)(=O)c2ccc(C)cc2)[C@H](Cc2ccccc2)C(=O)NC(C)C)c1. The molecule has 254 valence electrons. The Bertz CT molecular complexity index is 1800. The molecule has 1 N–H and O–H groups in total. The van der Waals surface area contributed by atoms with Crippen LogP contribution in [0.25, 0.3) is 0 Å². The maximum absolute atomic E-state index is 14.7. The number of anilines is 1. The molecule has 0 spiro atoms. The molecule has 4 rings (SSSR count). The number of rotatable bonds is 15. The Labute approximate surface area is 283 Å². The van der Waals surface area contributed by atoms with E-state index in [1.54, 1.807) is 49.6 Å². The van der Waals surface area contributed by atoms with Gasteiger partial charge in [0.2, 0.25) is 11.8 Å². The topological polar surface area (TPSA) is 114 Å². The van der Waals surface area contributed by atoms with Crippen molar-refractivity contribution in [1.82, 2.24) is 10.2 Å². The van der Waals surface area contributed by atoms with Gasteiger partial charge in [0.15, 0.2) is 0 Å². The molecule has 0 bridgehead atoms. The van der Waals surface area contributed by atoms with Gasteiger partial charge in [-0.05, 0) is 68.3 Å². The van der Waals surface area contributed by atoms with Gasteiger partial charge in [0.1, 0.15) is 29.8 Å². The number of carbonyl (C=O) groups is 2. The summed E-state index contributed by atoms with van der Waals surface area (Å²) < 4.78 is 46.3. The van der Waals surface area contributed by atoms with Gasteiger partial charge in [0, 0.05) is 25.1 Å². The molecular weight excluding hydrogens is 630 g/mol. The minimum absolute atomic E-state index is 0.00666. The van der Waals surface area contributed by atoms with Crippen LogP contribution in [0.5, 0.6) is 17.2 Å². The highest BCUT2D eigenvalue weighted by molar-refractivity contribution is 7.92. The van der Waals surface area contributed by atoms with Crippen LogP contribution in [-0.2, 0) is 32.6 Å². The van der Waals surface area contributed by atoms with Crippen LogP contribution in [0, 0.1) is 6.92 Å². The number of amides is 2. The largest absolute Gasteiger partial charge is 0.497 e. The highest BCUT2D eigenvalue weighted by Gasteiger charge is 2.36. The van der Waals surface area contributed by atoms with E-state index < -0.39 is 28.5 Å². The zero-order chi connectivity index (χ0) is 34.8. The first kappa shape index (κ1) is 35.8. The van der Waals surface area contributed by atoms with Gasteiger partial charge >= 0.3 is 0 Å². The van der Waals surface area contributed by atoms with Crippen molar-refractivity contribution in [2.45, 2.75) is 50.7 Å². The van der Waals surface area contributed by atoms with E-state index in [9.17, 15) is 18.0 Å². The highest BCUT2D eigenvalue weighted by Crippen LogP contribution is 2.36. The lowest BCUT2D eigenvalue weighted by molar-refractivity contribution is -0.140. The Hall–Kier alpha value is -5.03. The summed E-state index contributed by atoms with van der Waals surface area (Å²) in [5.74, 6) is 0.205. The fourth-order valence-electron chi connectivity index (χ4n) is 5.24. The van der Waals surface area contributed by atoms with E-state index in [-0.39, 0.29) is 41.2 Å². The minimum atomic E-state index is -4.33. The number of sulfonamides is 1. The molecule has 0 radical (unpaired) electrons. The lowest BCUT2D eigenvalue weighted by Gasteiger charge is -2.34. The van der Waals surface area contributed by atoms with Crippen LogP contribution in [0.1, 0.15) is 30.5 Å². The van der Waals surface area contributed by atoms with Gasteiger partial charge < -0.3 is 24.4 Å². The molecule has 1 atom stereocenters. The van der Waals surface area contributed by atoms with Gasteiger partial charge in [-0.25, -0.2) is 8.42 Å². The summed E-state index contributed by atoms with van der Waals surface area (Å²) in [5, 5.41) is 2.96. The number of hydrogen-bond acceptors (Lipinski definition) is 7. The first-order chi connectivity index (χ1) is 23.0. The maximum atomic E-state index is 14.7. The first-order valence-electron chi connectivity index (χ1n) is 15.5. The molecule has 0 saturated heterocycles. The molecule has 4 aromatic rings. The molecule has 48 heavy (non-hydrogen) atoms. The van der Waals surface area contributed by atoms with E-state index in [0.717, 1.165) is 15.4 Å². The molecule has 4 aromatic carbocycles. The van der Waals surface area contributed by atoms with Crippen molar-refractivity contribution >= 4 is 27.5 Å². The van der Waals surface area contributed by atoms with E-state index in [1.807, 2.05) is 57.2 Å². The van der Waals surface area contributed by atoms with Crippen molar-refractivity contribution in [2.75, 3.05) is 32.2 Å². The van der Waals surface area contributed by atoms with Gasteiger partial charge in [0.25, 0.3) is 10.0 Å². The number of carbonyl (C=O) groups excluding carboxylic acids is 2. The quantitative estimate of drug-likeness (QED) is 0.180. The summed E-state index contributed by atoms with van der Waals surface area (Å²) in [5.41, 5.74) is 2.52. The van der Waals surface area contributed by atoms with Crippen molar-refractivity contribution in [3.05, 3.63) is 114 Å². The van der Waals surface area contributed by atoms with E-state index in [4.69, 9.17) is 14.2 Å². The average molecular weight is 674 g/mol. The number of hydrogen-bond donors (Lipinski definition) is 1. The van der Waals surface area contributed by atoms with Crippen molar-refractivity contribution in [3.63, 3.8) is 0 Å². The zero-order valence-electron chi connectivity index (χ0n) is 28.2. The lowest BCUT2D eigenvalue weighted by atomic mass is 10.0. The zero-order valence-corrected chi connectivity index (χ0v) is 29.0. The lowest BCUT2D eigenvalue weighted by Crippen LogP contribution is -2.54. The maximum Gasteiger partial charge on any atom is 0.264 e. The number of benzene rings is 4. The number of ether oxygens (including phenoxy) is 3. The molecule has 2 amide bonds. The van der Waals surface area contributed by atoms with Crippen LogP contribution < -0.4 is 23.8 Å². The summed E-state index contributed by atoms with van der Waals surface area (Å²) in [6, 6.07) is 26.5. The Kier molecular flexibility index (Phi) is 12.1. The van der Waals surface area contributed by atoms with Crippen LogP contribution in [0.3, 0.4) is 0 Å². The highest BCUT2D eigenvalue weighted by atomic mass is 32.2. The van der Waals surface area contributed by atoms with Crippen LogP contribution >= 0.6 is 0 Å². The molecule has 0 aromatic heterocycles. The molecular formula is C37H43N3O7S. The van der Waals surface area contributed by atoms with Crippen LogP contribution in [0.4, 0.5) is 5.69 Å². The third-order valence-electron chi connectivity index (χ3n) is 7.73. The van der Waals surface area contributed by atoms with E-state index in [0.29, 0.717) is 17.1 Å². The first-order valence-corrected chi connectivity index (χ1v) is 17.0. The summed E-state index contributed by atoms with van der Waals surface area (Å²) in [6.07, 6.45) is 0.197. The van der Waals surface area contributed by atoms with Gasteiger partial charge in [-0.2, -0.15) is 0 Å². The van der Waals surface area contributed by atoms with Crippen molar-refractivity contribution in [1.29, 1.82) is 0 Å².